The predicted molar refractivity (Wildman–Crippen MR) is 77.6 cm³/mol. The van der Waals surface area contributed by atoms with E-state index in [0.717, 1.165) is 30.9 Å². The zero-order chi connectivity index (χ0) is 12.6. The highest BCUT2D eigenvalue weighted by atomic mass is 32.2. The van der Waals surface area contributed by atoms with Crippen LogP contribution in [-0.4, -0.2) is 11.8 Å². The SMILES string of the molecule is NCCC(Cc1ccccc1)SCc1ccco1. The molecule has 1 heterocycles. The third kappa shape index (κ3) is 4.24. The number of furan rings is 1. The van der Waals surface area contributed by atoms with Gasteiger partial charge >= 0.3 is 0 Å². The predicted octanol–water partition coefficient (Wildman–Crippen LogP) is 3.47. The number of hydrogen-bond donors (Lipinski definition) is 1. The monoisotopic (exact) mass is 261 g/mol. The quantitative estimate of drug-likeness (QED) is 0.829. The lowest BCUT2D eigenvalue weighted by molar-refractivity contribution is 0.530. The van der Waals surface area contributed by atoms with Crippen LogP contribution in [0.3, 0.4) is 0 Å². The molecular formula is C15H19NOS. The van der Waals surface area contributed by atoms with Crippen LogP contribution in [0.4, 0.5) is 0 Å². The van der Waals surface area contributed by atoms with Crippen LogP contribution in [0.15, 0.2) is 53.1 Å². The van der Waals surface area contributed by atoms with Gasteiger partial charge in [-0.15, -0.1) is 0 Å². The highest BCUT2D eigenvalue weighted by Crippen LogP contribution is 2.23. The summed E-state index contributed by atoms with van der Waals surface area (Å²) in [6.07, 6.45) is 3.84. The van der Waals surface area contributed by atoms with Crippen molar-refractivity contribution in [2.24, 2.45) is 5.73 Å². The molecule has 0 aliphatic heterocycles. The molecule has 0 radical (unpaired) electrons. The first-order valence-corrected chi connectivity index (χ1v) is 7.31. The second kappa shape index (κ2) is 7.29. The van der Waals surface area contributed by atoms with Gasteiger partial charge in [-0.2, -0.15) is 11.8 Å². The molecule has 2 aromatic rings. The molecule has 0 aliphatic carbocycles. The normalized spacial score (nSPS) is 12.5. The summed E-state index contributed by atoms with van der Waals surface area (Å²) in [5, 5.41) is 0.558. The Morgan fingerprint density at radius 1 is 1.11 bits per heavy atom. The number of benzene rings is 1. The van der Waals surface area contributed by atoms with Gasteiger partial charge in [-0.1, -0.05) is 30.3 Å². The Morgan fingerprint density at radius 2 is 1.94 bits per heavy atom. The average molecular weight is 261 g/mol. The first-order chi connectivity index (χ1) is 8.88. The van der Waals surface area contributed by atoms with Crippen molar-refractivity contribution in [2.45, 2.75) is 23.8 Å². The maximum atomic E-state index is 5.70. The molecule has 0 fully saturated rings. The van der Waals surface area contributed by atoms with E-state index in [4.69, 9.17) is 10.2 Å². The van der Waals surface area contributed by atoms with Crippen LogP contribution in [0.1, 0.15) is 17.7 Å². The summed E-state index contributed by atoms with van der Waals surface area (Å²) in [7, 11) is 0. The largest absolute Gasteiger partial charge is 0.468 e. The molecule has 0 saturated heterocycles. The van der Waals surface area contributed by atoms with Crippen LogP contribution in [0.5, 0.6) is 0 Å². The highest BCUT2D eigenvalue weighted by Gasteiger charge is 2.10. The van der Waals surface area contributed by atoms with Gasteiger partial charge in [0.1, 0.15) is 5.76 Å². The molecule has 0 spiro atoms. The number of thioether (sulfide) groups is 1. The summed E-state index contributed by atoms with van der Waals surface area (Å²) < 4.78 is 5.36. The van der Waals surface area contributed by atoms with Gasteiger partial charge in [-0.3, -0.25) is 0 Å². The van der Waals surface area contributed by atoms with Crippen molar-refractivity contribution < 1.29 is 4.42 Å². The first kappa shape index (κ1) is 13.2. The van der Waals surface area contributed by atoms with Gasteiger partial charge in [0.25, 0.3) is 0 Å². The van der Waals surface area contributed by atoms with Crippen molar-refractivity contribution in [3.05, 3.63) is 60.1 Å². The van der Waals surface area contributed by atoms with Gasteiger partial charge in [-0.05, 0) is 37.1 Å². The van der Waals surface area contributed by atoms with Crippen molar-refractivity contribution in [1.82, 2.24) is 0 Å². The summed E-state index contributed by atoms with van der Waals surface area (Å²) >= 11 is 1.92. The van der Waals surface area contributed by atoms with E-state index in [9.17, 15) is 0 Å². The van der Waals surface area contributed by atoms with Crippen molar-refractivity contribution in [2.75, 3.05) is 6.54 Å². The average Bonchev–Trinajstić information content (AvgIpc) is 2.91. The van der Waals surface area contributed by atoms with Crippen LogP contribution < -0.4 is 5.73 Å². The number of rotatable bonds is 7. The van der Waals surface area contributed by atoms with Crippen LogP contribution in [0.25, 0.3) is 0 Å². The molecule has 0 bridgehead atoms. The topological polar surface area (TPSA) is 39.2 Å². The fraction of sp³-hybridized carbons (Fsp3) is 0.333. The smallest absolute Gasteiger partial charge is 0.113 e. The lowest BCUT2D eigenvalue weighted by Gasteiger charge is -2.15. The van der Waals surface area contributed by atoms with E-state index in [0.29, 0.717) is 5.25 Å². The van der Waals surface area contributed by atoms with E-state index < -0.39 is 0 Å². The van der Waals surface area contributed by atoms with Gasteiger partial charge in [-0.25, -0.2) is 0 Å². The Bertz CT molecular complexity index is 427. The first-order valence-electron chi connectivity index (χ1n) is 6.26. The van der Waals surface area contributed by atoms with Gasteiger partial charge < -0.3 is 10.2 Å². The molecule has 3 heteroatoms. The van der Waals surface area contributed by atoms with Crippen LogP contribution in [0, 0.1) is 0 Å². The summed E-state index contributed by atoms with van der Waals surface area (Å²) in [4.78, 5) is 0. The Labute approximate surface area is 113 Å². The summed E-state index contributed by atoms with van der Waals surface area (Å²) in [5.41, 5.74) is 7.07. The third-order valence-electron chi connectivity index (χ3n) is 2.84. The summed E-state index contributed by atoms with van der Waals surface area (Å²) in [6, 6.07) is 14.5. The Hall–Kier alpha value is -1.19. The fourth-order valence-electron chi connectivity index (χ4n) is 1.90. The second-order valence-corrected chi connectivity index (χ2v) is 5.57. The molecule has 2 N–H and O–H groups in total. The van der Waals surface area contributed by atoms with Gasteiger partial charge in [0.05, 0.1) is 12.0 Å². The number of nitrogens with two attached hydrogens (primary N) is 1. The Balaban J connectivity index is 1.87. The Morgan fingerprint density at radius 3 is 2.61 bits per heavy atom. The highest BCUT2D eigenvalue weighted by molar-refractivity contribution is 7.99. The van der Waals surface area contributed by atoms with Gasteiger partial charge in [0.15, 0.2) is 0 Å². The molecule has 1 aromatic carbocycles. The molecular weight excluding hydrogens is 242 g/mol. The molecule has 1 unspecified atom stereocenters. The minimum absolute atomic E-state index is 0.558. The van der Waals surface area contributed by atoms with E-state index in [2.05, 4.69) is 30.3 Å². The van der Waals surface area contributed by atoms with Gasteiger partial charge in [0.2, 0.25) is 0 Å². The lowest BCUT2D eigenvalue weighted by atomic mass is 10.1. The fourth-order valence-corrected chi connectivity index (χ4v) is 3.08. The molecule has 1 atom stereocenters. The Kier molecular flexibility index (Phi) is 5.36. The maximum Gasteiger partial charge on any atom is 0.113 e. The van der Waals surface area contributed by atoms with Crippen LogP contribution in [-0.2, 0) is 12.2 Å². The van der Waals surface area contributed by atoms with Gasteiger partial charge in [0, 0.05) is 5.25 Å². The van der Waals surface area contributed by atoms with Crippen LogP contribution >= 0.6 is 11.8 Å². The molecule has 2 rings (SSSR count). The zero-order valence-corrected chi connectivity index (χ0v) is 11.2. The van der Waals surface area contributed by atoms with Crippen molar-refractivity contribution in [3.8, 4) is 0 Å². The molecule has 0 amide bonds. The summed E-state index contributed by atoms with van der Waals surface area (Å²) in [6.45, 7) is 0.739. The van der Waals surface area contributed by atoms with E-state index in [-0.39, 0.29) is 0 Å². The number of hydrogen-bond acceptors (Lipinski definition) is 3. The van der Waals surface area contributed by atoms with Crippen LogP contribution in [0.2, 0.25) is 0 Å². The second-order valence-electron chi connectivity index (χ2n) is 4.28. The van der Waals surface area contributed by atoms with Crippen molar-refractivity contribution >= 4 is 11.8 Å². The molecule has 18 heavy (non-hydrogen) atoms. The minimum Gasteiger partial charge on any atom is -0.468 e. The van der Waals surface area contributed by atoms with E-state index in [1.165, 1.54) is 5.56 Å². The molecule has 0 saturated carbocycles. The lowest BCUT2D eigenvalue weighted by Crippen LogP contribution is -2.13. The third-order valence-corrected chi connectivity index (χ3v) is 4.16. The summed E-state index contributed by atoms with van der Waals surface area (Å²) in [5.74, 6) is 1.96. The minimum atomic E-state index is 0.558. The van der Waals surface area contributed by atoms with Crippen molar-refractivity contribution in [1.29, 1.82) is 0 Å². The van der Waals surface area contributed by atoms with E-state index >= 15 is 0 Å². The maximum absolute atomic E-state index is 5.70. The molecule has 2 nitrogen and oxygen atoms in total. The molecule has 1 aromatic heterocycles. The standard InChI is InChI=1S/C15H19NOS/c16-9-8-15(11-13-5-2-1-3-6-13)18-12-14-7-4-10-17-14/h1-7,10,15H,8-9,11-12,16H2. The molecule has 0 aliphatic rings. The van der Waals surface area contributed by atoms with Crippen molar-refractivity contribution in [3.63, 3.8) is 0 Å². The van der Waals surface area contributed by atoms with E-state index in [1.807, 2.05) is 23.9 Å². The zero-order valence-electron chi connectivity index (χ0n) is 10.4. The van der Waals surface area contributed by atoms with E-state index in [1.54, 1.807) is 6.26 Å². The molecule has 96 valence electrons.